The van der Waals surface area contributed by atoms with Crippen molar-refractivity contribution in [3.05, 3.63) is 36.7 Å². The summed E-state index contributed by atoms with van der Waals surface area (Å²) >= 11 is 0. The Morgan fingerprint density at radius 3 is 2.86 bits per heavy atom. The van der Waals surface area contributed by atoms with Gasteiger partial charge in [0.05, 0.1) is 5.69 Å². The van der Waals surface area contributed by atoms with E-state index in [2.05, 4.69) is 15.0 Å². The van der Waals surface area contributed by atoms with Crippen molar-refractivity contribution in [1.82, 2.24) is 19.5 Å². The fourth-order valence-corrected chi connectivity index (χ4v) is 2.81. The summed E-state index contributed by atoms with van der Waals surface area (Å²) in [7, 11) is 0. The molecule has 7 heteroatoms. The third-order valence-electron chi connectivity index (χ3n) is 4.07. The van der Waals surface area contributed by atoms with Gasteiger partial charge in [0.15, 0.2) is 0 Å². The van der Waals surface area contributed by atoms with Gasteiger partial charge in [0.25, 0.3) is 0 Å². The van der Waals surface area contributed by atoms with Crippen LogP contribution in [0.5, 0.6) is 0 Å². The first-order chi connectivity index (χ1) is 10.2. The van der Waals surface area contributed by atoms with Gasteiger partial charge in [-0.15, -0.1) is 0 Å². The van der Waals surface area contributed by atoms with E-state index in [-0.39, 0.29) is 5.92 Å². The molecule has 21 heavy (non-hydrogen) atoms. The van der Waals surface area contributed by atoms with Crippen LogP contribution in [0.4, 0.5) is 0 Å². The molecule has 2 aromatic heterocycles. The van der Waals surface area contributed by atoms with Crippen molar-refractivity contribution < 1.29 is 9.90 Å². The van der Waals surface area contributed by atoms with Gasteiger partial charge in [-0.2, -0.15) is 0 Å². The first-order valence-corrected chi connectivity index (χ1v) is 6.94. The molecule has 1 saturated carbocycles. The molecule has 2 heterocycles. The number of aromatic nitrogens is 4. The number of aliphatic carboxylic acids is 1. The second-order valence-corrected chi connectivity index (χ2v) is 5.32. The maximum absolute atomic E-state index is 11.7. The van der Waals surface area contributed by atoms with Gasteiger partial charge < -0.3 is 10.8 Å². The Morgan fingerprint density at radius 1 is 1.43 bits per heavy atom. The zero-order valence-corrected chi connectivity index (χ0v) is 11.5. The highest BCUT2D eigenvalue weighted by atomic mass is 16.4. The first-order valence-electron chi connectivity index (χ1n) is 6.94. The predicted octanol–water partition coefficient (Wildman–Crippen LogP) is 0.743. The van der Waals surface area contributed by atoms with Crippen LogP contribution in [-0.4, -0.2) is 37.1 Å². The molecule has 0 amide bonds. The van der Waals surface area contributed by atoms with E-state index in [1.54, 1.807) is 35.6 Å². The Balaban J connectivity index is 1.86. The van der Waals surface area contributed by atoms with Gasteiger partial charge >= 0.3 is 5.97 Å². The van der Waals surface area contributed by atoms with Crippen molar-refractivity contribution in [3.63, 3.8) is 0 Å². The molecule has 3 N–H and O–H groups in total. The summed E-state index contributed by atoms with van der Waals surface area (Å²) < 4.78 is 1.65. The Bertz CT molecular complexity index is 642. The molecule has 0 aliphatic heterocycles. The van der Waals surface area contributed by atoms with E-state index in [0.29, 0.717) is 24.6 Å². The first kappa shape index (κ1) is 13.7. The minimum absolute atomic E-state index is 0.110. The summed E-state index contributed by atoms with van der Waals surface area (Å²) in [5, 5.41) is 9.60. The van der Waals surface area contributed by atoms with Crippen molar-refractivity contribution in [2.45, 2.75) is 24.7 Å². The Morgan fingerprint density at radius 2 is 2.19 bits per heavy atom. The lowest BCUT2D eigenvalue weighted by atomic mass is 9.98. The van der Waals surface area contributed by atoms with Crippen LogP contribution in [0, 0.1) is 5.92 Å². The largest absolute Gasteiger partial charge is 0.481 e. The van der Waals surface area contributed by atoms with E-state index < -0.39 is 11.4 Å². The van der Waals surface area contributed by atoms with Crippen LogP contribution in [0.3, 0.4) is 0 Å². The standard InChI is InChI=1S/C14H17N5O2/c15-4-1-3-10-7-14(10,12(20)21)11-8-19(9-18-11)13-16-5-2-6-17-13/h2,5-6,8-10H,1,3-4,7,15H2,(H,20,21). The lowest BCUT2D eigenvalue weighted by Gasteiger charge is -2.09. The number of carbonyl (C=O) groups is 1. The third-order valence-corrected chi connectivity index (χ3v) is 4.07. The lowest BCUT2D eigenvalue weighted by Crippen LogP contribution is -2.23. The number of carboxylic acids is 1. The van der Waals surface area contributed by atoms with E-state index in [1.807, 2.05) is 0 Å². The van der Waals surface area contributed by atoms with Crippen molar-refractivity contribution in [2.24, 2.45) is 11.7 Å². The van der Waals surface area contributed by atoms with Gasteiger partial charge in [0, 0.05) is 18.6 Å². The molecule has 0 bridgehead atoms. The highest BCUT2D eigenvalue weighted by molar-refractivity contribution is 5.85. The fourth-order valence-electron chi connectivity index (χ4n) is 2.81. The predicted molar refractivity (Wildman–Crippen MR) is 74.9 cm³/mol. The SMILES string of the molecule is NCCCC1CC1(C(=O)O)c1cn(-c2ncccn2)cn1. The summed E-state index contributed by atoms with van der Waals surface area (Å²) in [5.41, 5.74) is 5.21. The van der Waals surface area contributed by atoms with Crippen LogP contribution in [0.2, 0.25) is 0 Å². The molecule has 0 saturated heterocycles. The van der Waals surface area contributed by atoms with Gasteiger partial charge in [-0.3, -0.25) is 9.36 Å². The molecule has 2 atom stereocenters. The highest BCUT2D eigenvalue weighted by Gasteiger charge is 2.62. The molecule has 0 aromatic carbocycles. The Kier molecular flexibility index (Phi) is 3.42. The minimum Gasteiger partial charge on any atom is -0.481 e. The van der Waals surface area contributed by atoms with Gasteiger partial charge in [-0.25, -0.2) is 15.0 Å². The topological polar surface area (TPSA) is 107 Å². The summed E-state index contributed by atoms with van der Waals surface area (Å²) in [4.78, 5) is 24.2. The molecule has 1 aliphatic rings. The molecule has 2 aromatic rings. The molecular weight excluding hydrogens is 270 g/mol. The average Bonchev–Trinajstić information content (AvgIpc) is 3.03. The molecule has 0 radical (unpaired) electrons. The van der Waals surface area contributed by atoms with Crippen LogP contribution < -0.4 is 5.73 Å². The molecule has 0 spiro atoms. The number of imidazole rings is 1. The van der Waals surface area contributed by atoms with E-state index in [1.165, 1.54) is 0 Å². The number of hydrogen-bond acceptors (Lipinski definition) is 5. The minimum atomic E-state index is -0.866. The van der Waals surface area contributed by atoms with Gasteiger partial charge in [0.1, 0.15) is 11.7 Å². The van der Waals surface area contributed by atoms with Crippen molar-refractivity contribution >= 4 is 5.97 Å². The van der Waals surface area contributed by atoms with Crippen molar-refractivity contribution in [2.75, 3.05) is 6.54 Å². The summed E-state index contributed by atoms with van der Waals surface area (Å²) in [5.74, 6) is -0.224. The van der Waals surface area contributed by atoms with E-state index in [4.69, 9.17) is 5.73 Å². The second kappa shape index (κ2) is 5.25. The zero-order chi connectivity index (χ0) is 14.9. The van der Waals surface area contributed by atoms with Gasteiger partial charge in [0.2, 0.25) is 5.95 Å². The lowest BCUT2D eigenvalue weighted by molar-refractivity contribution is -0.140. The van der Waals surface area contributed by atoms with Crippen LogP contribution in [0.1, 0.15) is 25.0 Å². The van der Waals surface area contributed by atoms with Crippen molar-refractivity contribution in [1.29, 1.82) is 0 Å². The van der Waals surface area contributed by atoms with Crippen LogP contribution in [0.15, 0.2) is 31.0 Å². The van der Waals surface area contributed by atoms with Crippen LogP contribution in [-0.2, 0) is 10.2 Å². The number of nitrogens with two attached hydrogens (primary N) is 1. The molecule has 1 fully saturated rings. The number of rotatable bonds is 6. The Hall–Kier alpha value is -2.28. The second-order valence-electron chi connectivity index (χ2n) is 5.32. The zero-order valence-electron chi connectivity index (χ0n) is 11.5. The number of hydrogen-bond donors (Lipinski definition) is 2. The monoisotopic (exact) mass is 287 g/mol. The molecule has 3 rings (SSSR count). The number of carboxylic acid groups (broad SMARTS) is 1. The smallest absolute Gasteiger partial charge is 0.316 e. The molecule has 2 unspecified atom stereocenters. The fraction of sp³-hybridized carbons (Fsp3) is 0.429. The van der Waals surface area contributed by atoms with Gasteiger partial charge in [-0.05, 0) is 37.8 Å². The van der Waals surface area contributed by atoms with Gasteiger partial charge in [-0.1, -0.05) is 0 Å². The molecule has 1 aliphatic carbocycles. The highest BCUT2D eigenvalue weighted by Crippen LogP contribution is 2.56. The maximum Gasteiger partial charge on any atom is 0.316 e. The third kappa shape index (κ3) is 2.29. The summed E-state index contributed by atoms with van der Waals surface area (Å²) in [6.45, 7) is 0.582. The maximum atomic E-state index is 11.7. The Labute approximate surface area is 121 Å². The van der Waals surface area contributed by atoms with E-state index in [9.17, 15) is 9.90 Å². The van der Waals surface area contributed by atoms with Crippen molar-refractivity contribution in [3.8, 4) is 5.95 Å². The number of nitrogens with zero attached hydrogens (tertiary/aromatic N) is 4. The van der Waals surface area contributed by atoms with E-state index >= 15 is 0 Å². The van der Waals surface area contributed by atoms with Crippen LogP contribution in [0.25, 0.3) is 5.95 Å². The molecule has 7 nitrogen and oxygen atoms in total. The molecular formula is C14H17N5O2. The van der Waals surface area contributed by atoms with E-state index in [0.717, 1.165) is 12.8 Å². The normalized spacial score (nSPS) is 24.0. The summed E-state index contributed by atoms with van der Waals surface area (Å²) in [6, 6.07) is 1.73. The molecule has 110 valence electrons. The summed E-state index contributed by atoms with van der Waals surface area (Å²) in [6.07, 6.45) is 8.82. The quantitative estimate of drug-likeness (QED) is 0.811. The average molecular weight is 287 g/mol. The van der Waals surface area contributed by atoms with Crippen LogP contribution >= 0.6 is 0 Å².